The minimum absolute atomic E-state index is 0.643. The number of likely N-dealkylation sites (N-methyl/N-ethyl adjacent to an activating group) is 1. The first kappa shape index (κ1) is 11.5. The molecule has 2 heteroatoms. The van der Waals surface area contributed by atoms with Gasteiger partial charge in [-0.05, 0) is 49.4 Å². The van der Waals surface area contributed by atoms with Gasteiger partial charge in [-0.1, -0.05) is 19.1 Å². The maximum Gasteiger partial charge on any atom is 0.125 e. The van der Waals surface area contributed by atoms with Crippen molar-refractivity contribution in [2.75, 3.05) is 13.7 Å². The van der Waals surface area contributed by atoms with Crippen molar-refractivity contribution in [3.8, 4) is 5.75 Å². The Kier molecular flexibility index (Phi) is 3.49. The number of ether oxygens (including phenoxy) is 1. The molecule has 1 N–H and O–H groups in total. The third kappa shape index (κ3) is 2.07. The van der Waals surface area contributed by atoms with Gasteiger partial charge in [-0.25, -0.2) is 0 Å². The normalized spacial score (nSPS) is 19.3. The molecule has 2 nitrogen and oxygen atoms in total. The Hall–Kier alpha value is -1.02. The summed E-state index contributed by atoms with van der Waals surface area (Å²) >= 11 is 0. The molecule has 0 saturated heterocycles. The largest absolute Gasteiger partial charge is 0.496 e. The minimum atomic E-state index is 0.643. The lowest BCUT2D eigenvalue weighted by molar-refractivity contribution is 0.395. The predicted octanol–water partition coefficient (Wildman–Crippen LogP) is 2.47. The van der Waals surface area contributed by atoms with Gasteiger partial charge in [0.25, 0.3) is 0 Å². The second-order valence-electron chi connectivity index (χ2n) is 4.55. The first-order chi connectivity index (χ1) is 7.76. The van der Waals surface area contributed by atoms with Crippen LogP contribution in [-0.4, -0.2) is 19.7 Å². The summed E-state index contributed by atoms with van der Waals surface area (Å²) in [5.74, 6) is 1.10. The van der Waals surface area contributed by atoms with Crippen molar-refractivity contribution in [3.63, 3.8) is 0 Å². The van der Waals surface area contributed by atoms with Gasteiger partial charge in [0.05, 0.1) is 7.11 Å². The molecule has 0 aromatic heterocycles. The summed E-state index contributed by atoms with van der Waals surface area (Å²) in [6, 6.07) is 5.08. The Bertz CT molecular complexity index is 373. The lowest BCUT2D eigenvalue weighted by Gasteiger charge is -2.27. The van der Waals surface area contributed by atoms with Crippen molar-refractivity contribution in [3.05, 3.63) is 28.8 Å². The Balaban J connectivity index is 2.27. The van der Waals surface area contributed by atoms with Crippen molar-refractivity contribution in [2.24, 2.45) is 0 Å². The van der Waals surface area contributed by atoms with E-state index in [-0.39, 0.29) is 0 Å². The number of aryl methyl sites for hydroxylation is 1. The summed E-state index contributed by atoms with van der Waals surface area (Å²) < 4.78 is 5.52. The molecule has 2 rings (SSSR count). The number of hydrogen-bond donors (Lipinski definition) is 1. The molecule has 1 aromatic carbocycles. The van der Waals surface area contributed by atoms with E-state index in [9.17, 15) is 0 Å². The van der Waals surface area contributed by atoms with Gasteiger partial charge >= 0.3 is 0 Å². The SMILES string of the molecule is CCNC1CCc2c(ccc(C)c2OC)C1. The van der Waals surface area contributed by atoms with E-state index in [1.54, 1.807) is 7.11 Å². The van der Waals surface area contributed by atoms with E-state index >= 15 is 0 Å². The molecule has 0 spiro atoms. The zero-order valence-electron chi connectivity index (χ0n) is 10.5. The molecule has 1 aliphatic rings. The molecule has 1 aliphatic carbocycles. The van der Waals surface area contributed by atoms with Crippen LogP contribution in [0.3, 0.4) is 0 Å². The summed E-state index contributed by atoms with van der Waals surface area (Å²) in [5.41, 5.74) is 4.14. The third-order valence-corrected chi connectivity index (χ3v) is 3.46. The van der Waals surface area contributed by atoms with Crippen LogP contribution in [0.5, 0.6) is 5.75 Å². The highest BCUT2D eigenvalue weighted by atomic mass is 16.5. The van der Waals surface area contributed by atoms with Gasteiger partial charge < -0.3 is 10.1 Å². The molecule has 0 radical (unpaired) electrons. The Labute approximate surface area is 98.0 Å². The van der Waals surface area contributed by atoms with Crippen molar-refractivity contribution < 1.29 is 4.74 Å². The predicted molar refractivity (Wildman–Crippen MR) is 67.2 cm³/mol. The van der Waals surface area contributed by atoms with Crippen LogP contribution in [0.1, 0.15) is 30.0 Å². The molecule has 1 aromatic rings. The van der Waals surface area contributed by atoms with Crippen LogP contribution < -0.4 is 10.1 Å². The number of fused-ring (bicyclic) bond motifs is 1. The third-order valence-electron chi connectivity index (χ3n) is 3.46. The van der Waals surface area contributed by atoms with Crippen LogP contribution in [0.4, 0.5) is 0 Å². The summed E-state index contributed by atoms with van der Waals surface area (Å²) in [5, 5.41) is 3.54. The average molecular weight is 219 g/mol. The van der Waals surface area contributed by atoms with Gasteiger partial charge in [0.1, 0.15) is 5.75 Å². The van der Waals surface area contributed by atoms with Crippen LogP contribution in [0.2, 0.25) is 0 Å². The van der Waals surface area contributed by atoms with E-state index in [0.717, 1.165) is 25.1 Å². The number of nitrogens with one attached hydrogen (secondary N) is 1. The summed E-state index contributed by atoms with van der Waals surface area (Å²) in [7, 11) is 1.78. The van der Waals surface area contributed by atoms with E-state index in [0.29, 0.717) is 6.04 Å². The summed E-state index contributed by atoms with van der Waals surface area (Å²) in [6.07, 6.45) is 3.50. The molecule has 0 aliphatic heterocycles. The molecule has 0 amide bonds. The molecule has 1 unspecified atom stereocenters. The van der Waals surface area contributed by atoms with Gasteiger partial charge in [-0.2, -0.15) is 0 Å². The molecular weight excluding hydrogens is 198 g/mol. The Morgan fingerprint density at radius 3 is 2.94 bits per heavy atom. The van der Waals surface area contributed by atoms with Crippen molar-refractivity contribution in [1.82, 2.24) is 5.32 Å². The van der Waals surface area contributed by atoms with Crippen LogP contribution in [0.15, 0.2) is 12.1 Å². The highest BCUT2D eigenvalue weighted by Crippen LogP contribution is 2.32. The van der Waals surface area contributed by atoms with Crippen LogP contribution in [0.25, 0.3) is 0 Å². The van der Waals surface area contributed by atoms with Crippen LogP contribution in [0, 0.1) is 6.92 Å². The molecule has 0 saturated carbocycles. The number of rotatable bonds is 3. The number of benzene rings is 1. The second kappa shape index (κ2) is 4.88. The molecule has 16 heavy (non-hydrogen) atoms. The highest BCUT2D eigenvalue weighted by molar-refractivity contribution is 5.47. The van der Waals surface area contributed by atoms with Crippen molar-refractivity contribution in [1.29, 1.82) is 0 Å². The maximum absolute atomic E-state index is 5.52. The molecular formula is C14H21NO. The van der Waals surface area contributed by atoms with Crippen molar-refractivity contribution in [2.45, 2.75) is 39.2 Å². The highest BCUT2D eigenvalue weighted by Gasteiger charge is 2.21. The first-order valence-corrected chi connectivity index (χ1v) is 6.15. The standard InChI is InChI=1S/C14H21NO/c1-4-15-12-7-8-13-11(9-12)6-5-10(2)14(13)16-3/h5-6,12,15H,4,7-9H2,1-3H3. The molecule has 1 atom stereocenters. The summed E-state index contributed by atoms with van der Waals surface area (Å²) in [6.45, 7) is 5.35. The number of hydrogen-bond acceptors (Lipinski definition) is 2. The average Bonchev–Trinajstić information content (AvgIpc) is 2.30. The van der Waals surface area contributed by atoms with E-state index in [1.165, 1.54) is 23.1 Å². The lowest BCUT2D eigenvalue weighted by Crippen LogP contribution is -2.34. The fourth-order valence-electron chi connectivity index (χ4n) is 2.68. The topological polar surface area (TPSA) is 21.3 Å². The molecule has 0 heterocycles. The van der Waals surface area contributed by atoms with E-state index < -0.39 is 0 Å². The van der Waals surface area contributed by atoms with Gasteiger partial charge in [-0.15, -0.1) is 0 Å². The van der Waals surface area contributed by atoms with E-state index in [1.807, 2.05) is 0 Å². The Morgan fingerprint density at radius 1 is 1.44 bits per heavy atom. The Morgan fingerprint density at radius 2 is 2.25 bits per heavy atom. The fourth-order valence-corrected chi connectivity index (χ4v) is 2.68. The smallest absolute Gasteiger partial charge is 0.125 e. The zero-order chi connectivity index (χ0) is 11.5. The van der Waals surface area contributed by atoms with E-state index in [2.05, 4.69) is 31.3 Å². The van der Waals surface area contributed by atoms with Gasteiger partial charge in [0.15, 0.2) is 0 Å². The zero-order valence-corrected chi connectivity index (χ0v) is 10.5. The molecule has 88 valence electrons. The van der Waals surface area contributed by atoms with Crippen LogP contribution >= 0.6 is 0 Å². The number of methoxy groups -OCH3 is 1. The van der Waals surface area contributed by atoms with Gasteiger partial charge in [0, 0.05) is 6.04 Å². The quantitative estimate of drug-likeness (QED) is 0.843. The van der Waals surface area contributed by atoms with Gasteiger partial charge in [0.2, 0.25) is 0 Å². The minimum Gasteiger partial charge on any atom is -0.496 e. The first-order valence-electron chi connectivity index (χ1n) is 6.15. The van der Waals surface area contributed by atoms with Crippen LogP contribution in [-0.2, 0) is 12.8 Å². The van der Waals surface area contributed by atoms with Gasteiger partial charge in [-0.3, -0.25) is 0 Å². The second-order valence-corrected chi connectivity index (χ2v) is 4.55. The summed E-state index contributed by atoms with van der Waals surface area (Å²) in [4.78, 5) is 0. The van der Waals surface area contributed by atoms with E-state index in [4.69, 9.17) is 4.74 Å². The lowest BCUT2D eigenvalue weighted by atomic mass is 9.86. The molecule has 0 fully saturated rings. The van der Waals surface area contributed by atoms with Crippen molar-refractivity contribution >= 4 is 0 Å². The monoisotopic (exact) mass is 219 g/mol. The maximum atomic E-state index is 5.52. The fraction of sp³-hybridized carbons (Fsp3) is 0.571. The molecule has 0 bridgehead atoms.